The summed E-state index contributed by atoms with van der Waals surface area (Å²) < 4.78 is 5.29. The molecule has 0 radical (unpaired) electrons. The third kappa shape index (κ3) is 3.21. The second kappa shape index (κ2) is 6.06. The number of ether oxygens (including phenoxy) is 1. The largest absolute Gasteiger partial charge is 0.497 e. The minimum Gasteiger partial charge on any atom is -0.497 e. The Bertz CT molecular complexity index is 513. The lowest BCUT2D eigenvalue weighted by Crippen LogP contribution is -2.36. The first-order chi connectivity index (χ1) is 10.2. The topological polar surface area (TPSA) is 55.6 Å². The van der Waals surface area contributed by atoms with Crippen molar-refractivity contribution in [2.24, 2.45) is 11.7 Å². The van der Waals surface area contributed by atoms with Gasteiger partial charge in [0.25, 0.3) is 0 Å². The molecule has 1 aromatic carbocycles. The summed E-state index contributed by atoms with van der Waals surface area (Å²) in [6.45, 7) is 0.845. The highest BCUT2D eigenvalue weighted by atomic mass is 16.5. The number of amides is 1. The molecule has 2 aliphatic rings. The molecule has 1 saturated heterocycles. The summed E-state index contributed by atoms with van der Waals surface area (Å²) in [6, 6.07) is 8.28. The summed E-state index contributed by atoms with van der Waals surface area (Å²) in [6.07, 6.45) is 4.95. The Hall–Kier alpha value is -1.55. The Kier molecular flexibility index (Phi) is 4.15. The van der Waals surface area contributed by atoms with Crippen molar-refractivity contribution in [1.82, 2.24) is 4.90 Å². The molecule has 4 nitrogen and oxygen atoms in total. The van der Waals surface area contributed by atoms with Crippen LogP contribution in [0.5, 0.6) is 5.75 Å². The van der Waals surface area contributed by atoms with Crippen LogP contribution in [0.2, 0.25) is 0 Å². The molecule has 114 valence electrons. The lowest BCUT2D eigenvalue weighted by Gasteiger charge is -2.26. The van der Waals surface area contributed by atoms with Gasteiger partial charge in [-0.15, -0.1) is 0 Å². The highest BCUT2D eigenvalue weighted by Gasteiger charge is 2.34. The van der Waals surface area contributed by atoms with E-state index in [-0.39, 0.29) is 18.0 Å². The molecular weight excluding hydrogens is 264 g/mol. The zero-order chi connectivity index (χ0) is 14.8. The normalized spacial score (nSPS) is 23.1. The van der Waals surface area contributed by atoms with Crippen LogP contribution >= 0.6 is 0 Å². The second-order valence-corrected chi connectivity index (χ2v) is 6.23. The van der Waals surface area contributed by atoms with E-state index in [0.717, 1.165) is 25.1 Å². The van der Waals surface area contributed by atoms with E-state index in [9.17, 15) is 4.79 Å². The Morgan fingerprint density at radius 1 is 1.43 bits per heavy atom. The number of nitrogens with zero attached hydrogens (tertiary/aromatic N) is 1. The molecule has 0 spiro atoms. The van der Waals surface area contributed by atoms with Crippen LogP contribution in [0.15, 0.2) is 24.3 Å². The summed E-state index contributed by atoms with van der Waals surface area (Å²) in [7, 11) is 1.67. The second-order valence-electron chi connectivity index (χ2n) is 6.23. The van der Waals surface area contributed by atoms with Gasteiger partial charge in [0.15, 0.2) is 0 Å². The summed E-state index contributed by atoms with van der Waals surface area (Å²) >= 11 is 0. The third-order valence-electron chi connectivity index (χ3n) is 4.69. The van der Waals surface area contributed by atoms with Gasteiger partial charge < -0.3 is 15.4 Å². The standard InChI is InChI=1S/C17H24N2O2/c1-21-14-5-2-4-13(10-14)16-6-3-9-19(16)17(20)11-15(18)12-7-8-12/h2,4-5,10,12,15-16H,3,6-9,11,18H2,1H3. The minimum absolute atomic E-state index is 0.0454. The molecule has 1 aromatic rings. The average Bonchev–Trinajstić information content (AvgIpc) is 3.24. The van der Waals surface area contributed by atoms with Crippen molar-refractivity contribution >= 4 is 5.91 Å². The van der Waals surface area contributed by atoms with Crippen LogP contribution in [-0.2, 0) is 4.79 Å². The monoisotopic (exact) mass is 288 g/mol. The van der Waals surface area contributed by atoms with Crippen LogP contribution in [0.1, 0.15) is 43.7 Å². The minimum atomic E-state index is 0.0454. The van der Waals surface area contributed by atoms with Gasteiger partial charge in [-0.2, -0.15) is 0 Å². The molecule has 2 fully saturated rings. The van der Waals surface area contributed by atoms with Crippen molar-refractivity contribution in [1.29, 1.82) is 0 Å². The summed E-state index contributed by atoms with van der Waals surface area (Å²) in [5.41, 5.74) is 7.28. The number of nitrogens with two attached hydrogens (primary N) is 1. The maximum Gasteiger partial charge on any atom is 0.224 e. The molecule has 1 aliphatic heterocycles. The van der Waals surface area contributed by atoms with E-state index in [0.29, 0.717) is 12.3 Å². The van der Waals surface area contributed by atoms with Crippen molar-refractivity contribution in [2.45, 2.75) is 44.2 Å². The number of carbonyl (C=O) groups excluding carboxylic acids is 1. The Balaban J connectivity index is 1.70. The first-order valence-electron chi connectivity index (χ1n) is 7.88. The van der Waals surface area contributed by atoms with Gasteiger partial charge in [-0.05, 0) is 49.3 Å². The molecule has 3 rings (SSSR count). The van der Waals surface area contributed by atoms with Crippen LogP contribution in [0.3, 0.4) is 0 Å². The number of hydrogen-bond acceptors (Lipinski definition) is 3. The van der Waals surface area contributed by atoms with Crippen LogP contribution in [-0.4, -0.2) is 30.5 Å². The smallest absolute Gasteiger partial charge is 0.224 e. The van der Waals surface area contributed by atoms with E-state index >= 15 is 0 Å². The fourth-order valence-electron chi connectivity index (χ4n) is 3.27. The number of benzene rings is 1. The predicted molar refractivity (Wildman–Crippen MR) is 82.0 cm³/mol. The van der Waals surface area contributed by atoms with E-state index in [1.807, 2.05) is 23.1 Å². The average molecular weight is 288 g/mol. The Morgan fingerprint density at radius 3 is 2.95 bits per heavy atom. The van der Waals surface area contributed by atoms with Gasteiger partial charge in [-0.25, -0.2) is 0 Å². The Labute approximate surface area is 126 Å². The van der Waals surface area contributed by atoms with Crippen molar-refractivity contribution in [3.63, 3.8) is 0 Å². The van der Waals surface area contributed by atoms with E-state index in [2.05, 4.69) is 6.07 Å². The van der Waals surface area contributed by atoms with Gasteiger partial charge in [-0.3, -0.25) is 4.79 Å². The van der Waals surface area contributed by atoms with Gasteiger partial charge in [0.2, 0.25) is 5.91 Å². The number of likely N-dealkylation sites (tertiary alicyclic amines) is 1. The number of carbonyl (C=O) groups is 1. The van der Waals surface area contributed by atoms with Crippen LogP contribution < -0.4 is 10.5 Å². The molecule has 1 aliphatic carbocycles. The van der Waals surface area contributed by atoms with Crippen LogP contribution in [0, 0.1) is 5.92 Å². The zero-order valence-corrected chi connectivity index (χ0v) is 12.6. The molecule has 4 heteroatoms. The number of methoxy groups -OCH3 is 1. The summed E-state index contributed by atoms with van der Waals surface area (Å²) in [5, 5.41) is 0. The van der Waals surface area contributed by atoms with Gasteiger partial charge in [0, 0.05) is 19.0 Å². The lowest BCUT2D eigenvalue weighted by molar-refractivity contribution is -0.132. The van der Waals surface area contributed by atoms with Gasteiger partial charge >= 0.3 is 0 Å². The van der Waals surface area contributed by atoms with Crippen molar-refractivity contribution < 1.29 is 9.53 Å². The third-order valence-corrected chi connectivity index (χ3v) is 4.69. The number of rotatable bonds is 5. The molecule has 1 amide bonds. The molecular formula is C17H24N2O2. The molecule has 2 unspecified atom stereocenters. The van der Waals surface area contributed by atoms with E-state index in [1.54, 1.807) is 7.11 Å². The maximum absolute atomic E-state index is 12.5. The fourth-order valence-corrected chi connectivity index (χ4v) is 3.27. The maximum atomic E-state index is 12.5. The van der Waals surface area contributed by atoms with Gasteiger partial charge in [0.1, 0.15) is 5.75 Å². The predicted octanol–water partition coefficient (Wildman–Crippen LogP) is 2.49. The molecule has 21 heavy (non-hydrogen) atoms. The van der Waals surface area contributed by atoms with E-state index < -0.39 is 0 Å². The first-order valence-corrected chi connectivity index (χ1v) is 7.88. The summed E-state index contributed by atoms with van der Waals surface area (Å²) in [4.78, 5) is 14.6. The number of hydrogen-bond donors (Lipinski definition) is 1. The lowest BCUT2D eigenvalue weighted by atomic mass is 10.0. The molecule has 0 aromatic heterocycles. The van der Waals surface area contributed by atoms with Crippen molar-refractivity contribution in [3.8, 4) is 5.75 Å². The fraction of sp³-hybridized carbons (Fsp3) is 0.588. The van der Waals surface area contributed by atoms with E-state index in [1.165, 1.54) is 18.4 Å². The van der Waals surface area contributed by atoms with Gasteiger partial charge in [-0.1, -0.05) is 12.1 Å². The molecule has 1 saturated carbocycles. The first kappa shape index (κ1) is 14.4. The SMILES string of the molecule is COc1cccc(C2CCCN2C(=O)CC(N)C2CC2)c1. The van der Waals surface area contributed by atoms with Crippen LogP contribution in [0.25, 0.3) is 0 Å². The zero-order valence-electron chi connectivity index (χ0n) is 12.6. The summed E-state index contributed by atoms with van der Waals surface area (Å²) in [5.74, 6) is 1.63. The van der Waals surface area contributed by atoms with Crippen molar-refractivity contribution in [3.05, 3.63) is 29.8 Å². The molecule has 2 N–H and O–H groups in total. The van der Waals surface area contributed by atoms with Crippen LogP contribution in [0.4, 0.5) is 0 Å². The van der Waals surface area contributed by atoms with Gasteiger partial charge in [0.05, 0.1) is 13.2 Å². The van der Waals surface area contributed by atoms with Crippen molar-refractivity contribution in [2.75, 3.05) is 13.7 Å². The Morgan fingerprint density at radius 2 is 2.24 bits per heavy atom. The van der Waals surface area contributed by atoms with E-state index in [4.69, 9.17) is 10.5 Å². The quantitative estimate of drug-likeness (QED) is 0.905. The molecule has 1 heterocycles. The highest BCUT2D eigenvalue weighted by molar-refractivity contribution is 5.77. The molecule has 0 bridgehead atoms. The molecule has 2 atom stereocenters. The highest BCUT2D eigenvalue weighted by Crippen LogP contribution is 2.36.